The van der Waals surface area contributed by atoms with Crippen molar-refractivity contribution in [1.29, 1.82) is 0 Å². The molecule has 1 aromatic carbocycles. The number of hydrogen-bond donors (Lipinski definition) is 3. The maximum Gasteiger partial charge on any atom is 0.0770 e. The molecule has 1 aromatic rings. The lowest BCUT2D eigenvalue weighted by Crippen LogP contribution is -2.33. The van der Waals surface area contributed by atoms with E-state index in [0.717, 1.165) is 18.5 Å². The molecule has 2 rings (SSSR count). The Hall–Kier alpha value is -2.20. The predicted molar refractivity (Wildman–Crippen MR) is 82.4 cm³/mol. The van der Waals surface area contributed by atoms with Gasteiger partial charge in [0.2, 0.25) is 0 Å². The minimum Gasteiger partial charge on any atom is -0.399 e. The second-order valence-electron chi connectivity index (χ2n) is 4.57. The molecule has 0 heterocycles. The molecule has 0 radical (unpaired) electrons. The van der Waals surface area contributed by atoms with Crippen LogP contribution in [0, 0.1) is 0 Å². The standard InChI is InChI=1S/C15H20N4/c16-13-8-9-14(17)15(10-13)19(18)11-12-6-4-2-1-3-5-7-12/h1-2,5-10H,3-4,11,16-18H2/b2-1-,7-5?,12-6?. The van der Waals surface area contributed by atoms with Gasteiger partial charge < -0.3 is 16.5 Å². The van der Waals surface area contributed by atoms with E-state index in [0.29, 0.717) is 17.9 Å². The van der Waals surface area contributed by atoms with Gasteiger partial charge in [0, 0.05) is 5.69 Å². The molecule has 0 aliphatic heterocycles. The topological polar surface area (TPSA) is 81.3 Å². The summed E-state index contributed by atoms with van der Waals surface area (Å²) in [7, 11) is 0. The molecule has 0 fully saturated rings. The van der Waals surface area contributed by atoms with Gasteiger partial charge in [0.05, 0.1) is 17.9 Å². The van der Waals surface area contributed by atoms with E-state index in [1.807, 2.05) is 0 Å². The van der Waals surface area contributed by atoms with Gasteiger partial charge in [-0.1, -0.05) is 30.4 Å². The summed E-state index contributed by atoms with van der Waals surface area (Å²) in [4.78, 5) is 0. The molecule has 6 N–H and O–H groups in total. The number of anilines is 3. The van der Waals surface area contributed by atoms with Gasteiger partial charge in [-0.25, -0.2) is 5.84 Å². The van der Waals surface area contributed by atoms with Crippen LogP contribution in [0.1, 0.15) is 12.8 Å². The first-order chi connectivity index (χ1) is 9.16. The third-order valence-electron chi connectivity index (χ3n) is 3.00. The van der Waals surface area contributed by atoms with Gasteiger partial charge in [0.1, 0.15) is 0 Å². The zero-order valence-corrected chi connectivity index (χ0v) is 10.9. The molecular weight excluding hydrogens is 236 g/mol. The van der Waals surface area contributed by atoms with Crippen molar-refractivity contribution in [3.8, 4) is 0 Å². The summed E-state index contributed by atoms with van der Waals surface area (Å²) >= 11 is 0. The van der Waals surface area contributed by atoms with Gasteiger partial charge in [-0.05, 0) is 36.6 Å². The van der Waals surface area contributed by atoms with Crippen molar-refractivity contribution < 1.29 is 0 Å². The van der Waals surface area contributed by atoms with Crippen molar-refractivity contribution in [2.75, 3.05) is 23.0 Å². The number of allylic oxidation sites excluding steroid dienone is 4. The van der Waals surface area contributed by atoms with E-state index in [9.17, 15) is 0 Å². The van der Waals surface area contributed by atoms with E-state index in [-0.39, 0.29) is 0 Å². The van der Waals surface area contributed by atoms with Gasteiger partial charge in [-0.15, -0.1) is 0 Å². The smallest absolute Gasteiger partial charge is 0.0770 e. The molecule has 0 aromatic heterocycles. The fourth-order valence-corrected chi connectivity index (χ4v) is 1.99. The fourth-order valence-electron chi connectivity index (χ4n) is 1.99. The highest BCUT2D eigenvalue weighted by molar-refractivity contribution is 5.71. The molecule has 0 atom stereocenters. The molecule has 0 spiro atoms. The zero-order chi connectivity index (χ0) is 13.7. The van der Waals surface area contributed by atoms with E-state index in [1.54, 1.807) is 23.2 Å². The molecule has 0 amide bonds. The van der Waals surface area contributed by atoms with Crippen LogP contribution in [0.4, 0.5) is 17.1 Å². The van der Waals surface area contributed by atoms with Gasteiger partial charge in [-0.3, -0.25) is 0 Å². The Morgan fingerprint density at radius 3 is 2.68 bits per heavy atom. The highest BCUT2D eigenvalue weighted by atomic mass is 15.4. The molecule has 0 unspecified atom stereocenters. The maximum atomic E-state index is 6.09. The molecule has 0 bridgehead atoms. The Morgan fingerprint density at radius 2 is 1.84 bits per heavy atom. The lowest BCUT2D eigenvalue weighted by molar-refractivity contribution is 0.916. The summed E-state index contributed by atoms with van der Waals surface area (Å²) in [6, 6.07) is 5.34. The van der Waals surface area contributed by atoms with Crippen molar-refractivity contribution in [2.24, 2.45) is 5.84 Å². The summed E-state index contributed by atoms with van der Waals surface area (Å²) in [5.74, 6) is 6.09. The Labute approximate surface area is 113 Å². The van der Waals surface area contributed by atoms with E-state index in [1.165, 1.54) is 5.57 Å². The Bertz CT molecular complexity index is 529. The third-order valence-corrected chi connectivity index (χ3v) is 3.00. The molecular formula is C15H20N4. The quantitative estimate of drug-likeness (QED) is 0.335. The zero-order valence-electron chi connectivity index (χ0n) is 10.9. The second-order valence-corrected chi connectivity index (χ2v) is 4.57. The minimum atomic E-state index is 0.609. The third kappa shape index (κ3) is 3.63. The van der Waals surface area contributed by atoms with Crippen LogP contribution in [0.3, 0.4) is 0 Å². The van der Waals surface area contributed by atoms with E-state index in [4.69, 9.17) is 17.3 Å². The Morgan fingerprint density at radius 1 is 1.05 bits per heavy atom. The summed E-state index contributed by atoms with van der Waals surface area (Å²) in [5, 5.41) is 1.63. The van der Waals surface area contributed by atoms with Crippen molar-refractivity contribution in [1.82, 2.24) is 0 Å². The number of benzene rings is 1. The molecule has 0 saturated heterocycles. The average Bonchev–Trinajstić information content (AvgIpc) is 2.35. The van der Waals surface area contributed by atoms with Crippen LogP contribution in [-0.2, 0) is 0 Å². The molecule has 4 heteroatoms. The average molecular weight is 256 g/mol. The Balaban J connectivity index is 2.14. The van der Waals surface area contributed by atoms with Crippen LogP contribution in [0.25, 0.3) is 0 Å². The summed E-state index contributed by atoms with van der Waals surface area (Å²) in [5.41, 5.74) is 14.9. The van der Waals surface area contributed by atoms with Gasteiger partial charge >= 0.3 is 0 Å². The monoisotopic (exact) mass is 256 g/mol. The summed E-state index contributed by atoms with van der Waals surface area (Å²) < 4.78 is 0. The van der Waals surface area contributed by atoms with Crippen LogP contribution in [0.15, 0.2) is 54.2 Å². The number of hydrogen-bond acceptors (Lipinski definition) is 4. The van der Waals surface area contributed by atoms with Crippen LogP contribution >= 0.6 is 0 Å². The first kappa shape index (κ1) is 13.2. The van der Waals surface area contributed by atoms with Gasteiger partial charge in [0.25, 0.3) is 0 Å². The molecule has 4 nitrogen and oxygen atoms in total. The second kappa shape index (κ2) is 6.11. The molecule has 1 aliphatic rings. The van der Waals surface area contributed by atoms with Crippen LogP contribution in [-0.4, -0.2) is 6.54 Å². The van der Waals surface area contributed by atoms with Crippen LogP contribution in [0.2, 0.25) is 0 Å². The Kier molecular flexibility index (Phi) is 4.26. The summed E-state index contributed by atoms with van der Waals surface area (Å²) in [6.07, 6.45) is 12.6. The predicted octanol–water partition coefficient (Wildman–Crippen LogP) is 2.36. The number of nitrogens with zero attached hydrogens (tertiary/aromatic N) is 1. The SMILES string of the molecule is Nc1ccc(N)c(N(N)CC2=CC/C=C\CC=C2)c1. The first-order valence-corrected chi connectivity index (χ1v) is 6.34. The minimum absolute atomic E-state index is 0.609. The fraction of sp³-hybridized carbons (Fsp3) is 0.200. The lowest BCUT2D eigenvalue weighted by Gasteiger charge is -2.21. The molecule has 100 valence electrons. The van der Waals surface area contributed by atoms with E-state index in [2.05, 4.69) is 30.4 Å². The van der Waals surface area contributed by atoms with Crippen molar-refractivity contribution >= 4 is 17.1 Å². The van der Waals surface area contributed by atoms with Crippen LogP contribution < -0.4 is 22.3 Å². The normalized spacial score (nSPS) is 16.4. The van der Waals surface area contributed by atoms with E-state index >= 15 is 0 Å². The van der Waals surface area contributed by atoms with Crippen molar-refractivity contribution in [3.63, 3.8) is 0 Å². The maximum absolute atomic E-state index is 6.09. The number of rotatable bonds is 3. The number of hydrazine groups is 1. The van der Waals surface area contributed by atoms with Crippen molar-refractivity contribution in [3.05, 3.63) is 54.2 Å². The molecule has 0 saturated carbocycles. The van der Waals surface area contributed by atoms with E-state index < -0.39 is 0 Å². The van der Waals surface area contributed by atoms with Gasteiger partial charge in [0.15, 0.2) is 0 Å². The molecule has 1 aliphatic carbocycles. The summed E-state index contributed by atoms with van der Waals surface area (Å²) in [6.45, 7) is 0.609. The number of nitrogen functional groups attached to an aromatic ring is 2. The first-order valence-electron chi connectivity index (χ1n) is 6.34. The van der Waals surface area contributed by atoms with Crippen molar-refractivity contribution in [2.45, 2.75) is 12.8 Å². The molecule has 19 heavy (non-hydrogen) atoms. The highest BCUT2D eigenvalue weighted by Gasteiger charge is 2.07. The van der Waals surface area contributed by atoms with Gasteiger partial charge in [-0.2, -0.15) is 0 Å². The lowest BCUT2D eigenvalue weighted by atomic mass is 10.1. The number of nitrogens with two attached hydrogens (primary N) is 3. The highest BCUT2D eigenvalue weighted by Crippen LogP contribution is 2.24. The van der Waals surface area contributed by atoms with Crippen LogP contribution in [0.5, 0.6) is 0 Å². The largest absolute Gasteiger partial charge is 0.399 e.